The second-order valence-electron chi connectivity index (χ2n) is 6.69. The van der Waals surface area contributed by atoms with Crippen LogP contribution in [0.5, 0.6) is 5.75 Å². The number of ether oxygens (including phenoxy) is 1. The van der Waals surface area contributed by atoms with Crippen molar-refractivity contribution < 1.29 is 31.5 Å². The number of methoxy groups -OCH3 is 1. The molecule has 176 valence electrons. The number of nitriles is 1. The van der Waals surface area contributed by atoms with E-state index >= 15 is 0 Å². The van der Waals surface area contributed by atoms with Crippen molar-refractivity contribution in [3.05, 3.63) is 71.3 Å². The molecule has 0 fully saturated rings. The van der Waals surface area contributed by atoms with Crippen molar-refractivity contribution in [2.45, 2.75) is 21.9 Å². The molecule has 0 atom stereocenters. The summed E-state index contributed by atoms with van der Waals surface area (Å²) in [5.41, 5.74) is -1.40. The average Bonchev–Trinajstić information content (AvgIpc) is 2.81. The lowest BCUT2D eigenvalue weighted by Gasteiger charge is -2.14. The monoisotopic (exact) mass is 510 g/mol. The number of rotatable bonds is 8. The second kappa shape index (κ2) is 10.9. The van der Waals surface area contributed by atoms with E-state index in [2.05, 4.69) is 4.98 Å². The molecule has 0 saturated heterocycles. The molecule has 0 aliphatic heterocycles. The van der Waals surface area contributed by atoms with Crippen LogP contribution in [-0.4, -0.2) is 29.4 Å². The van der Waals surface area contributed by atoms with Crippen molar-refractivity contribution in [1.82, 2.24) is 4.98 Å². The van der Waals surface area contributed by atoms with Gasteiger partial charge in [-0.2, -0.15) is 27.2 Å². The van der Waals surface area contributed by atoms with Crippen molar-refractivity contribution in [3.63, 3.8) is 0 Å². The van der Waals surface area contributed by atoms with Gasteiger partial charge in [0, 0.05) is 16.0 Å². The van der Waals surface area contributed by atoms with Gasteiger partial charge in [-0.1, -0.05) is 35.7 Å². The third-order valence-corrected chi connectivity index (χ3v) is 6.23. The van der Waals surface area contributed by atoms with Crippen molar-refractivity contribution in [2.24, 2.45) is 0 Å². The maximum Gasteiger partial charge on any atom is 0.417 e. The molecular weight excluding hydrogens is 495 g/mol. The lowest BCUT2D eigenvalue weighted by atomic mass is 10.1. The highest BCUT2D eigenvalue weighted by Gasteiger charge is 2.36. The molecule has 0 N–H and O–H groups in total. The number of benzene rings is 2. The fourth-order valence-electron chi connectivity index (χ4n) is 2.91. The molecule has 3 aromatic rings. The SMILES string of the molecule is COc1ccc(C(=O)CSc2nc(-c3ccc(SC(F)F)cc3)cc(C(F)(F)F)c2C#N)cc1. The third kappa shape index (κ3) is 6.27. The van der Waals surface area contributed by atoms with Gasteiger partial charge in [-0.25, -0.2) is 4.98 Å². The molecule has 0 radical (unpaired) electrons. The lowest BCUT2D eigenvalue weighted by molar-refractivity contribution is -0.138. The molecule has 0 amide bonds. The highest BCUT2D eigenvalue weighted by Crippen LogP contribution is 2.38. The van der Waals surface area contributed by atoms with Gasteiger partial charge in [-0.05, 0) is 42.5 Å². The van der Waals surface area contributed by atoms with Crippen molar-refractivity contribution in [2.75, 3.05) is 12.9 Å². The molecule has 0 saturated carbocycles. The van der Waals surface area contributed by atoms with E-state index in [0.29, 0.717) is 23.1 Å². The summed E-state index contributed by atoms with van der Waals surface area (Å²) in [6.45, 7) is 0. The topological polar surface area (TPSA) is 63.0 Å². The van der Waals surface area contributed by atoms with Gasteiger partial charge in [0.25, 0.3) is 5.76 Å². The standard InChI is InChI=1S/C23H15F5N2O2S2/c1-32-15-6-2-14(3-7-15)20(31)12-33-21-17(11-29)18(23(26,27)28)10-19(30-21)13-4-8-16(9-5-13)34-22(24)25/h2-10,22H,12H2,1H3. The number of nitrogens with zero attached hydrogens (tertiary/aromatic N) is 2. The quantitative estimate of drug-likeness (QED) is 0.186. The predicted molar refractivity (Wildman–Crippen MR) is 119 cm³/mol. The fraction of sp³-hybridized carbons (Fsp3) is 0.174. The van der Waals surface area contributed by atoms with Crippen LogP contribution in [0.1, 0.15) is 21.5 Å². The van der Waals surface area contributed by atoms with E-state index in [1.54, 1.807) is 18.2 Å². The number of aromatic nitrogens is 1. The van der Waals surface area contributed by atoms with E-state index in [4.69, 9.17) is 4.74 Å². The highest BCUT2D eigenvalue weighted by molar-refractivity contribution is 8.00. The summed E-state index contributed by atoms with van der Waals surface area (Å²) in [5, 5.41) is 9.16. The highest BCUT2D eigenvalue weighted by atomic mass is 32.2. The molecule has 1 heterocycles. The van der Waals surface area contributed by atoms with E-state index < -0.39 is 23.1 Å². The van der Waals surface area contributed by atoms with Gasteiger partial charge in [0.1, 0.15) is 16.8 Å². The van der Waals surface area contributed by atoms with Crippen molar-refractivity contribution >= 4 is 29.3 Å². The lowest BCUT2D eigenvalue weighted by Crippen LogP contribution is -2.11. The molecule has 2 aromatic carbocycles. The van der Waals surface area contributed by atoms with Crippen LogP contribution in [0.4, 0.5) is 22.0 Å². The second-order valence-corrected chi connectivity index (χ2v) is 8.72. The summed E-state index contributed by atoms with van der Waals surface area (Å²) in [5.74, 6) is -2.72. The van der Waals surface area contributed by atoms with Crippen LogP contribution in [0.3, 0.4) is 0 Å². The molecule has 4 nitrogen and oxygen atoms in total. The van der Waals surface area contributed by atoms with Crippen LogP contribution >= 0.6 is 23.5 Å². The minimum atomic E-state index is -4.84. The Morgan fingerprint density at radius 1 is 1.12 bits per heavy atom. The van der Waals surface area contributed by atoms with Crippen LogP contribution in [0, 0.1) is 11.3 Å². The van der Waals surface area contributed by atoms with Crippen LogP contribution in [0.25, 0.3) is 11.3 Å². The molecule has 3 rings (SSSR count). The number of thioether (sulfide) groups is 2. The maximum absolute atomic E-state index is 13.7. The number of hydrogen-bond acceptors (Lipinski definition) is 6. The maximum atomic E-state index is 13.7. The van der Waals surface area contributed by atoms with Crippen molar-refractivity contribution in [1.29, 1.82) is 5.26 Å². The number of ketones is 1. The Morgan fingerprint density at radius 2 is 1.76 bits per heavy atom. The average molecular weight is 511 g/mol. The third-order valence-electron chi connectivity index (χ3n) is 4.53. The summed E-state index contributed by atoms with van der Waals surface area (Å²) in [6.07, 6.45) is -4.84. The Bertz CT molecular complexity index is 1210. The molecular formula is C23H15F5N2O2S2. The van der Waals surface area contributed by atoms with Crippen LogP contribution < -0.4 is 4.74 Å². The minimum Gasteiger partial charge on any atom is -0.497 e. The normalized spacial score (nSPS) is 11.4. The van der Waals surface area contributed by atoms with E-state index in [1.165, 1.54) is 43.5 Å². The molecule has 0 aliphatic rings. The number of alkyl halides is 5. The van der Waals surface area contributed by atoms with Crippen LogP contribution in [-0.2, 0) is 6.18 Å². The smallest absolute Gasteiger partial charge is 0.417 e. The minimum absolute atomic E-state index is 0.0979. The Labute approximate surface area is 200 Å². The molecule has 0 aliphatic carbocycles. The van der Waals surface area contributed by atoms with Gasteiger partial charge < -0.3 is 4.74 Å². The summed E-state index contributed by atoms with van der Waals surface area (Å²) in [7, 11) is 1.47. The largest absolute Gasteiger partial charge is 0.497 e. The van der Waals surface area contributed by atoms with E-state index in [-0.39, 0.29) is 32.7 Å². The van der Waals surface area contributed by atoms with Gasteiger partial charge in [0.15, 0.2) is 5.78 Å². The molecule has 0 spiro atoms. The first kappa shape index (κ1) is 25.5. The van der Waals surface area contributed by atoms with Gasteiger partial charge in [-0.3, -0.25) is 4.79 Å². The number of pyridine rings is 1. The Hall–Kier alpha value is -3.10. The first-order chi connectivity index (χ1) is 16.1. The summed E-state index contributed by atoms with van der Waals surface area (Å²) < 4.78 is 71.2. The fourth-order valence-corrected chi connectivity index (χ4v) is 4.30. The number of halogens is 5. The first-order valence-electron chi connectivity index (χ1n) is 9.50. The van der Waals surface area contributed by atoms with E-state index in [1.807, 2.05) is 0 Å². The van der Waals surface area contributed by atoms with Crippen molar-refractivity contribution in [3.8, 4) is 23.1 Å². The number of carbonyl (C=O) groups is 1. The van der Waals surface area contributed by atoms with Gasteiger partial charge in [0.05, 0.1) is 29.7 Å². The molecule has 0 bridgehead atoms. The summed E-state index contributed by atoms with van der Waals surface area (Å²) in [4.78, 5) is 16.9. The Balaban J connectivity index is 1.95. The Kier molecular flexibility index (Phi) is 8.17. The zero-order chi connectivity index (χ0) is 24.9. The first-order valence-corrected chi connectivity index (χ1v) is 11.4. The van der Waals surface area contributed by atoms with E-state index in [0.717, 1.165) is 17.8 Å². The van der Waals surface area contributed by atoms with Crippen LogP contribution in [0.15, 0.2) is 64.5 Å². The van der Waals surface area contributed by atoms with Gasteiger partial charge >= 0.3 is 6.18 Å². The zero-order valence-corrected chi connectivity index (χ0v) is 19.0. The molecule has 34 heavy (non-hydrogen) atoms. The van der Waals surface area contributed by atoms with E-state index in [9.17, 15) is 32.0 Å². The van der Waals surface area contributed by atoms with Gasteiger partial charge in [0.2, 0.25) is 0 Å². The number of carbonyl (C=O) groups excluding carboxylic acids is 1. The predicted octanol–water partition coefficient (Wildman–Crippen LogP) is 6.94. The van der Waals surface area contributed by atoms with Gasteiger partial charge in [-0.15, -0.1) is 0 Å². The molecule has 0 unspecified atom stereocenters. The summed E-state index contributed by atoms with van der Waals surface area (Å²) in [6, 6.07) is 13.9. The number of hydrogen-bond donors (Lipinski definition) is 0. The summed E-state index contributed by atoms with van der Waals surface area (Å²) >= 11 is 1.02. The molecule has 11 heteroatoms. The molecule has 1 aromatic heterocycles. The van der Waals surface area contributed by atoms with Crippen LogP contribution in [0.2, 0.25) is 0 Å². The zero-order valence-electron chi connectivity index (χ0n) is 17.4. The Morgan fingerprint density at radius 3 is 2.29 bits per heavy atom. The number of Topliss-reactive ketones (excluding diaryl/α,β-unsaturated/α-hetero) is 1.